The van der Waals surface area contributed by atoms with Gasteiger partial charge < -0.3 is 37.0 Å². The third kappa shape index (κ3) is 11.0. The van der Waals surface area contributed by atoms with Gasteiger partial charge >= 0.3 is 0 Å². The monoisotopic (exact) mass is 840 g/mol. The van der Waals surface area contributed by atoms with E-state index in [0.29, 0.717) is 36.3 Å². The predicted octanol–water partition coefficient (Wildman–Crippen LogP) is 3.82. The maximum Gasteiger partial charge on any atom is 0.251 e. The molecule has 0 fully saturated rings. The molecule has 14 nitrogen and oxygen atoms in total. The number of aromatic hydroxyl groups is 1. The van der Waals surface area contributed by atoms with E-state index < -0.39 is 72.7 Å². The highest BCUT2D eigenvalue weighted by molar-refractivity contribution is 6.30. The van der Waals surface area contributed by atoms with Crippen LogP contribution in [0.4, 0.5) is 4.39 Å². The van der Waals surface area contributed by atoms with Gasteiger partial charge in [-0.3, -0.25) is 33.6 Å². The highest BCUT2D eigenvalue weighted by Gasteiger charge is 2.36. The number of amides is 5. The van der Waals surface area contributed by atoms with E-state index in [1.165, 1.54) is 50.4 Å². The summed E-state index contributed by atoms with van der Waals surface area (Å²) in [6.07, 6.45) is 1.56. The van der Waals surface area contributed by atoms with Crippen molar-refractivity contribution in [2.75, 3.05) is 26.8 Å². The topological polar surface area (TPSA) is 217 Å². The maximum atomic E-state index is 14.5. The van der Waals surface area contributed by atoms with Gasteiger partial charge in [0.05, 0.1) is 6.54 Å². The Kier molecular flexibility index (Phi) is 15.2. The second-order valence-electron chi connectivity index (χ2n) is 14.4. The number of nitrogens with zero attached hydrogens (tertiary/aromatic N) is 1. The van der Waals surface area contributed by atoms with Crippen molar-refractivity contribution in [1.82, 2.24) is 26.2 Å². The smallest absolute Gasteiger partial charge is 0.251 e. The average Bonchev–Trinajstić information content (AvgIpc) is 3.25. The molecule has 4 atom stereocenters. The Bertz CT molecular complexity index is 2250. The molecule has 7 N–H and O–H groups in total. The summed E-state index contributed by atoms with van der Waals surface area (Å²) < 4.78 is 12.9. The molecule has 0 spiro atoms. The number of phenolic OH excluding ortho intramolecular Hbond substituents is 1. The van der Waals surface area contributed by atoms with Crippen molar-refractivity contribution in [2.24, 2.45) is 5.73 Å². The van der Waals surface area contributed by atoms with Gasteiger partial charge in [-0.15, -0.1) is 0 Å². The molecule has 0 aromatic heterocycles. The molecule has 0 unspecified atom stereocenters. The number of phenols is 1. The Morgan fingerprint density at radius 2 is 1.62 bits per heavy atom. The summed E-state index contributed by atoms with van der Waals surface area (Å²) in [7, 11) is 1.37. The number of fused-ring (bicyclic) bond motifs is 5. The predicted molar refractivity (Wildman–Crippen MR) is 223 cm³/mol. The molecular formula is C44H46ClFN6O8. The third-order valence-corrected chi connectivity index (χ3v) is 10.4. The van der Waals surface area contributed by atoms with Crippen molar-refractivity contribution >= 4 is 53.2 Å². The number of benzene rings is 4. The van der Waals surface area contributed by atoms with E-state index >= 15 is 0 Å². The van der Waals surface area contributed by atoms with E-state index in [2.05, 4.69) is 21.3 Å². The largest absolute Gasteiger partial charge is 0.507 e. The van der Waals surface area contributed by atoms with Crippen LogP contribution in [0.1, 0.15) is 64.1 Å². The van der Waals surface area contributed by atoms with Crippen LogP contribution in [0.3, 0.4) is 0 Å². The number of likely N-dealkylation sites (N-methyl/N-ethyl adjacent to an activating group) is 1. The summed E-state index contributed by atoms with van der Waals surface area (Å²) >= 11 is 6.03. The second kappa shape index (κ2) is 20.5. The van der Waals surface area contributed by atoms with Gasteiger partial charge in [0.1, 0.15) is 36.6 Å². The number of carbonyl (C=O) groups excluding carboxylic acids is 7. The lowest BCUT2D eigenvalue weighted by Gasteiger charge is -2.32. The summed E-state index contributed by atoms with van der Waals surface area (Å²) in [6, 6.07) is 17.5. The fourth-order valence-electron chi connectivity index (χ4n) is 6.83. The van der Waals surface area contributed by atoms with Crippen LogP contribution < -0.4 is 27.0 Å². The number of nitrogens with two attached hydrogens (primary N) is 1. The van der Waals surface area contributed by atoms with Gasteiger partial charge in [0.15, 0.2) is 12.1 Å². The molecule has 1 aliphatic heterocycles. The van der Waals surface area contributed by atoms with Crippen molar-refractivity contribution < 1.29 is 43.1 Å². The fourth-order valence-corrected chi connectivity index (χ4v) is 6.96. The number of unbranched alkanes of at least 4 members (excludes halogenated alkanes) is 1. The van der Waals surface area contributed by atoms with Crippen molar-refractivity contribution in [3.05, 3.63) is 112 Å². The molecule has 5 rings (SSSR count). The van der Waals surface area contributed by atoms with Crippen LogP contribution in [-0.4, -0.2) is 96.5 Å². The highest BCUT2D eigenvalue weighted by Crippen LogP contribution is 2.36. The minimum Gasteiger partial charge on any atom is -0.507 e. The molecule has 4 aromatic carbocycles. The van der Waals surface area contributed by atoms with E-state index in [1.54, 1.807) is 36.4 Å². The fraction of sp³-hybridized carbons (Fsp3) is 0.295. The van der Waals surface area contributed by atoms with Gasteiger partial charge in [0.2, 0.25) is 23.6 Å². The normalized spacial score (nSPS) is 16.9. The van der Waals surface area contributed by atoms with E-state index in [4.69, 9.17) is 17.3 Å². The van der Waals surface area contributed by atoms with Crippen molar-refractivity contribution in [3.63, 3.8) is 0 Å². The molecule has 0 saturated carbocycles. The minimum atomic E-state index is -1.46. The Morgan fingerprint density at radius 3 is 2.27 bits per heavy atom. The zero-order chi connectivity index (χ0) is 43.5. The molecule has 1 heterocycles. The summed E-state index contributed by atoms with van der Waals surface area (Å²) in [5.41, 5.74) is 8.85. The van der Waals surface area contributed by atoms with Gasteiger partial charge in [-0.2, -0.15) is 0 Å². The van der Waals surface area contributed by atoms with Gasteiger partial charge in [-0.25, -0.2) is 4.39 Å². The molecule has 16 heteroatoms. The number of alkyl halides is 1. The second-order valence-corrected chi connectivity index (χ2v) is 14.9. The van der Waals surface area contributed by atoms with Crippen LogP contribution in [-0.2, 0) is 30.4 Å². The van der Waals surface area contributed by atoms with Crippen molar-refractivity contribution in [1.29, 1.82) is 0 Å². The van der Waals surface area contributed by atoms with Crippen LogP contribution in [0, 0.1) is 0 Å². The Labute approximate surface area is 351 Å². The number of hydrogen-bond acceptors (Lipinski definition) is 9. The molecular weight excluding hydrogens is 795 g/mol. The summed E-state index contributed by atoms with van der Waals surface area (Å²) in [4.78, 5) is 94.5. The molecule has 1 aliphatic rings. The van der Waals surface area contributed by atoms with Crippen LogP contribution in [0.2, 0.25) is 5.02 Å². The molecule has 4 aromatic rings. The lowest BCUT2D eigenvalue weighted by molar-refractivity contribution is -0.141. The van der Waals surface area contributed by atoms with Crippen LogP contribution in [0.25, 0.3) is 22.3 Å². The molecule has 5 amide bonds. The van der Waals surface area contributed by atoms with Gasteiger partial charge in [0.25, 0.3) is 5.91 Å². The first kappa shape index (κ1) is 44.6. The van der Waals surface area contributed by atoms with Gasteiger partial charge in [-0.05, 0) is 103 Å². The molecule has 0 saturated heterocycles. The Morgan fingerprint density at radius 1 is 0.933 bits per heavy atom. The number of ketones is 1. The number of rotatable bonds is 14. The zero-order valence-corrected chi connectivity index (χ0v) is 33.8. The number of Topliss-reactive ketones (excluding diaryl/α,β-unsaturated/α-hetero) is 1. The van der Waals surface area contributed by atoms with E-state index in [0.717, 1.165) is 16.0 Å². The zero-order valence-electron chi connectivity index (χ0n) is 33.0. The summed E-state index contributed by atoms with van der Waals surface area (Å²) in [5, 5.41) is 22.0. The standard InChI is InChI=1S/C44H46ClFN6O8/c1-25-40(56)51-37(42(58)48-23-33(54)22-46)20-26-6-17-38(55)35(19-26)34-21-30(11-12-31(34)24-53)39(43(59)49-25)52(2)44(60)36(5-3-4-18-47)50-41(57)29-9-7-27(8-10-29)28-13-15-32(45)16-14-28/h6-17,19,21,24-25,36-37,39,55H,3-5,18,20,22-23,47H2,1-2H3,(H,48,58)(H,49,59)(H,50,57)(H,51,56)/t25-,36-,37-,39-/m0/s1. The lowest BCUT2D eigenvalue weighted by Crippen LogP contribution is -2.56. The first-order valence-electron chi connectivity index (χ1n) is 19.3. The van der Waals surface area contributed by atoms with Gasteiger partial charge in [-0.1, -0.05) is 54.1 Å². The number of hydrogen-bond donors (Lipinski definition) is 6. The lowest BCUT2D eigenvalue weighted by atomic mass is 9.91. The summed E-state index contributed by atoms with van der Waals surface area (Å²) in [6.45, 7) is -0.234. The first-order chi connectivity index (χ1) is 28.7. The van der Waals surface area contributed by atoms with E-state index in [-0.39, 0.29) is 46.4 Å². The Hall–Kier alpha value is -6.45. The van der Waals surface area contributed by atoms with E-state index in [1.807, 2.05) is 12.1 Å². The van der Waals surface area contributed by atoms with Crippen LogP contribution in [0.15, 0.2) is 84.9 Å². The summed E-state index contributed by atoms with van der Waals surface area (Å²) in [5.74, 6) is -4.78. The van der Waals surface area contributed by atoms with Crippen LogP contribution in [0.5, 0.6) is 5.75 Å². The molecule has 0 aliphatic carbocycles. The Balaban J connectivity index is 1.51. The number of nitrogens with one attached hydrogen (secondary N) is 4. The molecule has 314 valence electrons. The first-order valence-corrected chi connectivity index (χ1v) is 19.6. The molecule has 60 heavy (non-hydrogen) atoms. The quantitative estimate of drug-likeness (QED) is 0.0803. The average molecular weight is 841 g/mol. The van der Waals surface area contributed by atoms with Gasteiger partial charge in [0, 0.05) is 35.2 Å². The third-order valence-electron chi connectivity index (χ3n) is 10.2. The molecule has 0 radical (unpaired) electrons. The van der Waals surface area contributed by atoms with E-state index in [9.17, 15) is 43.1 Å². The SMILES string of the molecule is C[C@@H]1NC(=O)[C@@H](N(C)C(=O)[C@H](CCCCN)NC(=O)c2ccc(-c3ccc(Cl)cc3)cc2)c2ccc(C=O)c(c2)-c2cc(ccc2O)C[C@@H](C(=O)NCC(=O)CF)NC1=O. The number of halogens is 2. The minimum absolute atomic E-state index is 0.126. The molecule has 4 bridgehead atoms. The highest BCUT2D eigenvalue weighted by atomic mass is 35.5. The van der Waals surface area contributed by atoms with Crippen molar-refractivity contribution in [3.8, 4) is 28.0 Å². The number of carbonyl (C=O) groups is 7. The van der Waals surface area contributed by atoms with Crippen molar-refractivity contribution in [2.45, 2.75) is 56.8 Å². The number of aldehydes is 1. The maximum absolute atomic E-state index is 14.5. The van der Waals surface area contributed by atoms with Crippen LogP contribution >= 0.6 is 11.6 Å².